The molecular formula is C21H21N7O. The topological polar surface area (TPSA) is 84.4 Å². The second-order valence-electron chi connectivity index (χ2n) is 7.97. The van der Waals surface area contributed by atoms with Gasteiger partial charge >= 0.3 is 0 Å². The minimum Gasteiger partial charge on any atom is -0.380 e. The van der Waals surface area contributed by atoms with Gasteiger partial charge in [0.2, 0.25) is 0 Å². The summed E-state index contributed by atoms with van der Waals surface area (Å²) < 4.78 is 3.64. The molecule has 8 heteroatoms. The zero-order valence-electron chi connectivity index (χ0n) is 16.1. The van der Waals surface area contributed by atoms with E-state index in [-0.39, 0.29) is 0 Å². The standard InChI is InChI=1S/C21H21N7O/c1-26-7-6-14-8-15(4-5-18(14)26)28-11-17(24-25-28)21(29)20-19(13-2-3-13)23-10-16-9-22-12-27(16)20/h4-5,8-13,21,29H,2-3,6-7H2,1H3. The van der Waals surface area contributed by atoms with Gasteiger partial charge in [-0.05, 0) is 43.0 Å². The van der Waals surface area contributed by atoms with Gasteiger partial charge in [-0.3, -0.25) is 9.38 Å². The molecule has 6 rings (SSSR count). The molecule has 4 aromatic rings. The number of aliphatic hydroxyl groups excluding tert-OH is 1. The van der Waals surface area contributed by atoms with Crippen LogP contribution in [0.5, 0.6) is 0 Å². The summed E-state index contributed by atoms with van der Waals surface area (Å²) in [5.74, 6) is 0.398. The Morgan fingerprint density at radius 2 is 2.10 bits per heavy atom. The second-order valence-corrected chi connectivity index (χ2v) is 7.97. The molecule has 1 unspecified atom stereocenters. The Balaban J connectivity index is 1.39. The molecule has 4 heterocycles. The maximum atomic E-state index is 11.2. The van der Waals surface area contributed by atoms with Crippen LogP contribution >= 0.6 is 0 Å². The lowest BCUT2D eigenvalue weighted by atomic mass is 10.1. The third-order valence-corrected chi connectivity index (χ3v) is 5.99. The molecule has 1 fully saturated rings. The zero-order chi connectivity index (χ0) is 19.5. The summed E-state index contributed by atoms with van der Waals surface area (Å²) >= 11 is 0. The monoisotopic (exact) mass is 387 g/mol. The Morgan fingerprint density at radius 3 is 2.97 bits per heavy atom. The predicted octanol–water partition coefficient (Wildman–Crippen LogP) is 2.26. The van der Waals surface area contributed by atoms with E-state index in [4.69, 9.17) is 0 Å². The summed E-state index contributed by atoms with van der Waals surface area (Å²) in [5, 5.41) is 19.8. The minimum atomic E-state index is -0.912. The molecule has 0 saturated heterocycles. The third-order valence-electron chi connectivity index (χ3n) is 5.99. The highest BCUT2D eigenvalue weighted by Gasteiger charge is 2.32. The molecule has 1 atom stereocenters. The van der Waals surface area contributed by atoms with Crippen LogP contribution in [-0.2, 0) is 6.42 Å². The fourth-order valence-electron chi connectivity index (χ4n) is 4.23. The van der Waals surface area contributed by atoms with Crippen molar-refractivity contribution in [1.29, 1.82) is 0 Å². The summed E-state index contributed by atoms with van der Waals surface area (Å²) in [5.41, 5.74) is 6.56. The third kappa shape index (κ3) is 2.63. The van der Waals surface area contributed by atoms with Crippen LogP contribution in [-0.4, -0.2) is 48.1 Å². The molecular weight excluding hydrogens is 366 g/mol. The van der Waals surface area contributed by atoms with Crippen molar-refractivity contribution in [3.05, 3.63) is 65.8 Å². The van der Waals surface area contributed by atoms with Gasteiger partial charge in [-0.2, -0.15) is 0 Å². The maximum absolute atomic E-state index is 11.2. The van der Waals surface area contributed by atoms with Crippen molar-refractivity contribution in [1.82, 2.24) is 29.4 Å². The smallest absolute Gasteiger partial charge is 0.142 e. The van der Waals surface area contributed by atoms with Gasteiger partial charge in [0, 0.05) is 25.2 Å². The molecule has 1 aliphatic carbocycles. The fraction of sp³-hybridized carbons (Fsp3) is 0.333. The molecule has 146 valence electrons. The van der Waals surface area contributed by atoms with Gasteiger partial charge in [0.15, 0.2) is 0 Å². The van der Waals surface area contributed by atoms with Crippen molar-refractivity contribution in [3.8, 4) is 5.69 Å². The summed E-state index contributed by atoms with van der Waals surface area (Å²) in [6, 6.07) is 6.31. The Hall–Kier alpha value is -3.26. The van der Waals surface area contributed by atoms with Gasteiger partial charge in [-0.25, -0.2) is 9.67 Å². The predicted molar refractivity (Wildman–Crippen MR) is 107 cm³/mol. The van der Waals surface area contributed by atoms with E-state index in [1.54, 1.807) is 23.4 Å². The summed E-state index contributed by atoms with van der Waals surface area (Å²) in [6.45, 7) is 1.03. The molecule has 2 aliphatic rings. The number of hydrogen-bond acceptors (Lipinski definition) is 6. The lowest BCUT2D eigenvalue weighted by molar-refractivity contribution is 0.206. The van der Waals surface area contributed by atoms with Crippen molar-refractivity contribution < 1.29 is 5.11 Å². The van der Waals surface area contributed by atoms with Gasteiger partial charge in [-0.15, -0.1) is 5.10 Å². The van der Waals surface area contributed by atoms with Crippen LogP contribution in [0.1, 0.15) is 47.5 Å². The molecule has 0 radical (unpaired) electrons. The molecule has 1 N–H and O–H groups in total. The molecule has 8 nitrogen and oxygen atoms in total. The summed E-state index contributed by atoms with van der Waals surface area (Å²) in [4.78, 5) is 11.1. The molecule has 0 bridgehead atoms. The van der Waals surface area contributed by atoms with E-state index in [0.29, 0.717) is 11.6 Å². The number of likely N-dealkylation sites (N-methyl/N-ethyl adjacent to an activating group) is 1. The first kappa shape index (κ1) is 16.7. The number of aromatic nitrogens is 6. The van der Waals surface area contributed by atoms with Crippen LogP contribution in [0, 0.1) is 0 Å². The Labute approximate surface area is 167 Å². The maximum Gasteiger partial charge on any atom is 0.142 e. The van der Waals surface area contributed by atoms with E-state index in [0.717, 1.165) is 48.4 Å². The SMILES string of the molecule is CN1CCc2cc(-n3cc(C(O)c4c(C5CC5)ncc5cncn45)nn3)ccc21. The van der Waals surface area contributed by atoms with Crippen LogP contribution in [0.25, 0.3) is 11.2 Å². The highest BCUT2D eigenvalue weighted by atomic mass is 16.3. The van der Waals surface area contributed by atoms with Crippen molar-refractivity contribution in [3.63, 3.8) is 0 Å². The van der Waals surface area contributed by atoms with E-state index in [1.165, 1.54) is 11.3 Å². The second kappa shape index (κ2) is 6.12. The highest BCUT2D eigenvalue weighted by Crippen LogP contribution is 2.42. The number of rotatable bonds is 4. The van der Waals surface area contributed by atoms with Crippen LogP contribution in [0.3, 0.4) is 0 Å². The molecule has 29 heavy (non-hydrogen) atoms. The average Bonchev–Trinajstić information content (AvgIpc) is 3.14. The van der Waals surface area contributed by atoms with Crippen molar-refractivity contribution >= 4 is 11.2 Å². The average molecular weight is 387 g/mol. The lowest BCUT2D eigenvalue weighted by Gasteiger charge is -2.15. The molecule has 3 aromatic heterocycles. The van der Waals surface area contributed by atoms with Crippen molar-refractivity contribution in [2.75, 3.05) is 18.5 Å². The van der Waals surface area contributed by atoms with Gasteiger partial charge in [0.25, 0.3) is 0 Å². The molecule has 0 spiro atoms. The van der Waals surface area contributed by atoms with Gasteiger partial charge in [0.05, 0.1) is 47.5 Å². The molecule has 1 aliphatic heterocycles. The lowest BCUT2D eigenvalue weighted by Crippen LogP contribution is -2.12. The van der Waals surface area contributed by atoms with Gasteiger partial charge < -0.3 is 10.0 Å². The Morgan fingerprint density at radius 1 is 1.21 bits per heavy atom. The summed E-state index contributed by atoms with van der Waals surface area (Å²) in [7, 11) is 2.11. The highest BCUT2D eigenvalue weighted by molar-refractivity contribution is 5.60. The Bertz CT molecular complexity index is 1220. The number of aliphatic hydroxyl groups is 1. The van der Waals surface area contributed by atoms with Crippen molar-refractivity contribution in [2.45, 2.75) is 31.3 Å². The van der Waals surface area contributed by atoms with Crippen LogP contribution < -0.4 is 4.90 Å². The van der Waals surface area contributed by atoms with Crippen LogP contribution in [0.15, 0.2) is 43.1 Å². The Kier molecular flexibility index (Phi) is 3.52. The molecule has 1 aromatic carbocycles. The first-order valence-corrected chi connectivity index (χ1v) is 9.94. The van der Waals surface area contributed by atoms with Gasteiger partial charge in [-0.1, -0.05) is 5.21 Å². The normalized spacial score (nSPS) is 17.1. The molecule has 1 saturated carbocycles. The quantitative estimate of drug-likeness (QED) is 0.578. The first-order chi connectivity index (χ1) is 14.2. The van der Waals surface area contributed by atoms with E-state index in [9.17, 15) is 5.11 Å². The van der Waals surface area contributed by atoms with Crippen LogP contribution in [0.2, 0.25) is 0 Å². The number of anilines is 1. The number of nitrogens with zero attached hydrogens (tertiary/aromatic N) is 7. The summed E-state index contributed by atoms with van der Waals surface area (Å²) in [6.07, 6.45) is 9.41. The zero-order valence-corrected chi connectivity index (χ0v) is 16.1. The number of imidazole rings is 1. The number of hydrogen-bond donors (Lipinski definition) is 1. The molecule has 0 amide bonds. The van der Waals surface area contributed by atoms with Crippen LogP contribution in [0.4, 0.5) is 5.69 Å². The number of benzene rings is 1. The fourth-order valence-corrected chi connectivity index (χ4v) is 4.23. The van der Waals surface area contributed by atoms with E-state index >= 15 is 0 Å². The van der Waals surface area contributed by atoms with E-state index < -0.39 is 6.10 Å². The minimum absolute atomic E-state index is 0.398. The van der Waals surface area contributed by atoms with Crippen molar-refractivity contribution in [2.24, 2.45) is 0 Å². The van der Waals surface area contributed by atoms with E-state index in [2.05, 4.69) is 44.4 Å². The number of fused-ring (bicyclic) bond motifs is 2. The first-order valence-electron chi connectivity index (χ1n) is 9.94. The van der Waals surface area contributed by atoms with Gasteiger partial charge in [0.1, 0.15) is 11.8 Å². The largest absolute Gasteiger partial charge is 0.380 e. The van der Waals surface area contributed by atoms with E-state index in [1.807, 2.05) is 16.7 Å².